The first-order valence-corrected chi connectivity index (χ1v) is 7.55. The number of nitrogens with zero attached hydrogens (tertiary/aromatic N) is 3. The molecule has 0 aliphatic carbocycles. The van der Waals surface area contributed by atoms with E-state index < -0.39 is 0 Å². The molecule has 0 aliphatic rings. The van der Waals surface area contributed by atoms with E-state index >= 15 is 0 Å². The molecule has 0 bridgehead atoms. The highest BCUT2D eigenvalue weighted by Gasteiger charge is 2.10. The second-order valence-corrected chi connectivity index (χ2v) is 5.23. The molecule has 0 atom stereocenters. The maximum atomic E-state index is 5.16. The second kappa shape index (κ2) is 7.14. The van der Waals surface area contributed by atoms with Crippen LogP contribution in [0.1, 0.15) is 18.3 Å². The molecule has 0 amide bonds. The molecule has 0 fully saturated rings. The van der Waals surface area contributed by atoms with Crippen molar-refractivity contribution >= 4 is 11.8 Å². The first-order chi connectivity index (χ1) is 9.78. The molecule has 5 heteroatoms. The number of thioether (sulfide) groups is 1. The molecule has 0 spiro atoms. The fourth-order valence-corrected chi connectivity index (χ4v) is 2.79. The summed E-state index contributed by atoms with van der Waals surface area (Å²) in [5.41, 5.74) is 1.24. The zero-order valence-electron chi connectivity index (χ0n) is 11.9. The number of ether oxygens (including phenoxy) is 1. The van der Waals surface area contributed by atoms with Crippen molar-refractivity contribution in [3.05, 3.63) is 48.3 Å². The monoisotopic (exact) mass is 289 g/mol. The third kappa shape index (κ3) is 3.42. The van der Waals surface area contributed by atoms with E-state index in [-0.39, 0.29) is 0 Å². The van der Waals surface area contributed by atoms with Crippen LogP contribution < -0.4 is 4.74 Å². The van der Waals surface area contributed by atoms with Gasteiger partial charge in [-0.1, -0.05) is 36.9 Å². The van der Waals surface area contributed by atoms with Gasteiger partial charge in [0, 0.05) is 18.7 Å². The van der Waals surface area contributed by atoms with Crippen LogP contribution in [0.2, 0.25) is 0 Å². The Morgan fingerprint density at radius 3 is 2.65 bits per heavy atom. The quantitative estimate of drug-likeness (QED) is 0.579. The van der Waals surface area contributed by atoms with Gasteiger partial charge < -0.3 is 9.30 Å². The van der Waals surface area contributed by atoms with Gasteiger partial charge in [0.25, 0.3) is 0 Å². The largest absolute Gasteiger partial charge is 0.497 e. The third-order valence-electron chi connectivity index (χ3n) is 2.95. The van der Waals surface area contributed by atoms with E-state index in [0.29, 0.717) is 0 Å². The van der Waals surface area contributed by atoms with Crippen LogP contribution in [-0.4, -0.2) is 21.9 Å². The van der Waals surface area contributed by atoms with Gasteiger partial charge in [-0.25, -0.2) is 0 Å². The zero-order chi connectivity index (χ0) is 14.4. The van der Waals surface area contributed by atoms with Crippen molar-refractivity contribution < 1.29 is 4.74 Å². The molecule has 1 aromatic carbocycles. The van der Waals surface area contributed by atoms with Crippen LogP contribution in [-0.2, 0) is 18.7 Å². The summed E-state index contributed by atoms with van der Waals surface area (Å²) in [7, 11) is 1.67. The highest BCUT2D eigenvalue weighted by molar-refractivity contribution is 7.98. The average Bonchev–Trinajstić information content (AvgIpc) is 2.88. The van der Waals surface area contributed by atoms with Crippen molar-refractivity contribution in [2.75, 3.05) is 7.11 Å². The van der Waals surface area contributed by atoms with Gasteiger partial charge in [-0.15, -0.1) is 16.8 Å². The molecular weight excluding hydrogens is 270 g/mol. The minimum absolute atomic E-state index is 0.751. The summed E-state index contributed by atoms with van der Waals surface area (Å²) in [5, 5.41) is 9.42. The van der Waals surface area contributed by atoms with E-state index in [2.05, 4.69) is 40.4 Å². The Morgan fingerprint density at radius 1 is 1.30 bits per heavy atom. The van der Waals surface area contributed by atoms with Crippen molar-refractivity contribution in [3.8, 4) is 5.75 Å². The molecule has 106 valence electrons. The smallest absolute Gasteiger partial charge is 0.191 e. The number of rotatable bonds is 7. The number of hydrogen-bond acceptors (Lipinski definition) is 4. The molecule has 0 aliphatic heterocycles. The first-order valence-electron chi connectivity index (χ1n) is 6.57. The van der Waals surface area contributed by atoms with Crippen LogP contribution in [0.15, 0.2) is 42.1 Å². The lowest BCUT2D eigenvalue weighted by molar-refractivity contribution is 0.414. The predicted molar refractivity (Wildman–Crippen MR) is 82.2 cm³/mol. The average molecular weight is 289 g/mol. The van der Waals surface area contributed by atoms with Crippen molar-refractivity contribution in [3.63, 3.8) is 0 Å². The van der Waals surface area contributed by atoms with Gasteiger partial charge in [-0.2, -0.15) is 0 Å². The Morgan fingerprint density at radius 2 is 2.05 bits per heavy atom. The summed E-state index contributed by atoms with van der Waals surface area (Å²) < 4.78 is 7.27. The molecule has 0 N–H and O–H groups in total. The van der Waals surface area contributed by atoms with Crippen molar-refractivity contribution in [1.29, 1.82) is 0 Å². The molecule has 1 aromatic heterocycles. The van der Waals surface area contributed by atoms with Crippen LogP contribution in [0.5, 0.6) is 5.75 Å². The summed E-state index contributed by atoms with van der Waals surface area (Å²) in [6.07, 6.45) is 2.75. The molecule has 2 aromatic rings. The minimum Gasteiger partial charge on any atom is -0.497 e. The van der Waals surface area contributed by atoms with Crippen molar-refractivity contribution in [2.24, 2.45) is 0 Å². The maximum Gasteiger partial charge on any atom is 0.191 e. The normalized spacial score (nSPS) is 10.5. The van der Waals surface area contributed by atoms with Crippen molar-refractivity contribution in [1.82, 2.24) is 14.8 Å². The van der Waals surface area contributed by atoms with Gasteiger partial charge in [0.2, 0.25) is 0 Å². The number of benzene rings is 1. The summed E-state index contributed by atoms with van der Waals surface area (Å²) in [5.74, 6) is 2.74. The molecule has 0 radical (unpaired) electrons. The molecular formula is C15H19N3OS. The van der Waals surface area contributed by atoms with E-state index in [4.69, 9.17) is 4.74 Å². The van der Waals surface area contributed by atoms with Gasteiger partial charge in [-0.05, 0) is 17.7 Å². The standard InChI is InChI=1S/C15H19N3OS/c1-4-10-18-14(5-2)16-17-15(18)20-11-12-6-8-13(19-3)9-7-12/h4,6-9H,1,5,10-11H2,2-3H3. The Balaban J connectivity index is 2.05. The fraction of sp³-hybridized carbons (Fsp3) is 0.333. The van der Waals surface area contributed by atoms with Gasteiger partial charge in [-0.3, -0.25) is 0 Å². The predicted octanol–water partition coefficient (Wildman–Crippen LogP) is 3.33. The van der Waals surface area contributed by atoms with Gasteiger partial charge in [0.15, 0.2) is 5.16 Å². The third-order valence-corrected chi connectivity index (χ3v) is 3.99. The SMILES string of the molecule is C=CCn1c(CC)nnc1SCc1ccc(OC)cc1. The Kier molecular flexibility index (Phi) is 5.24. The van der Waals surface area contributed by atoms with E-state index in [1.165, 1.54) is 5.56 Å². The second-order valence-electron chi connectivity index (χ2n) is 4.29. The fourth-order valence-electron chi connectivity index (χ4n) is 1.87. The van der Waals surface area contributed by atoms with E-state index in [1.807, 2.05) is 18.2 Å². The summed E-state index contributed by atoms with van der Waals surface area (Å²) >= 11 is 1.69. The molecule has 1 heterocycles. The number of aromatic nitrogens is 3. The van der Waals surface area contributed by atoms with Crippen LogP contribution in [0.3, 0.4) is 0 Å². The Hall–Kier alpha value is -1.75. The Labute approximate surface area is 123 Å². The molecule has 20 heavy (non-hydrogen) atoms. The topological polar surface area (TPSA) is 39.9 Å². The lowest BCUT2D eigenvalue weighted by Crippen LogP contribution is -2.02. The van der Waals surface area contributed by atoms with E-state index in [1.54, 1.807) is 18.9 Å². The van der Waals surface area contributed by atoms with Crippen LogP contribution in [0, 0.1) is 0 Å². The number of allylic oxidation sites excluding steroid dienone is 1. The molecule has 2 rings (SSSR count). The van der Waals surface area contributed by atoms with E-state index in [0.717, 1.165) is 35.4 Å². The highest BCUT2D eigenvalue weighted by Crippen LogP contribution is 2.23. The van der Waals surface area contributed by atoms with Crippen molar-refractivity contribution in [2.45, 2.75) is 30.8 Å². The molecule has 0 unspecified atom stereocenters. The van der Waals surface area contributed by atoms with Gasteiger partial charge in [0.1, 0.15) is 11.6 Å². The maximum absolute atomic E-state index is 5.16. The van der Waals surface area contributed by atoms with Crippen LogP contribution in [0.4, 0.5) is 0 Å². The lowest BCUT2D eigenvalue weighted by Gasteiger charge is -2.06. The van der Waals surface area contributed by atoms with Gasteiger partial charge >= 0.3 is 0 Å². The molecule has 0 saturated carbocycles. The summed E-state index contributed by atoms with van der Waals surface area (Å²) in [6, 6.07) is 8.09. The summed E-state index contributed by atoms with van der Waals surface area (Å²) in [6.45, 7) is 6.63. The minimum atomic E-state index is 0.751. The summed E-state index contributed by atoms with van der Waals surface area (Å²) in [4.78, 5) is 0. The molecule has 4 nitrogen and oxygen atoms in total. The van der Waals surface area contributed by atoms with Crippen LogP contribution >= 0.6 is 11.8 Å². The Bertz CT molecular complexity index is 563. The number of aryl methyl sites for hydroxylation is 1. The van der Waals surface area contributed by atoms with Gasteiger partial charge in [0.05, 0.1) is 7.11 Å². The van der Waals surface area contributed by atoms with E-state index in [9.17, 15) is 0 Å². The zero-order valence-corrected chi connectivity index (χ0v) is 12.7. The number of hydrogen-bond donors (Lipinski definition) is 0. The first kappa shape index (κ1) is 14.7. The lowest BCUT2D eigenvalue weighted by atomic mass is 10.2. The highest BCUT2D eigenvalue weighted by atomic mass is 32.2. The number of methoxy groups -OCH3 is 1. The van der Waals surface area contributed by atoms with Crippen LogP contribution in [0.25, 0.3) is 0 Å². The molecule has 0 saturated heterocycles.